The quantitative estimate of drug-likeness (QED) is 0.663. The normalized spacial score (nSPS) is 22.1. The van der Waals surface area contributed by atoms with Gasteiger partial charge in [-0.3, -0.25) is 9.80 Å². The van der Waals surface area contributed by atoms with Gasteiger partial charge in [0, 0.05) is 32.6 Å². The van der Waals surface area contributed by atoms with Crippen LogP contribution in [0.4, 0.5) is 0 Å². The standard InChI is InChI=1S/C22H28N4O5/c27-21(28)15-30-18-7-11-25(12-8-18)22(29)20-13-19(24-31-20)17-5-3-16(4-6-17)14-23-26-9-1-2-10-26/h3-6,14,18,20H,1-2,7-13,15H2,(H,27,28)/b23-14+. The number of hydrogen-bond acceptors (Lipinski definition) is 7. The maximum absolute atomic E-state index is 12.8. The molecular formula is C22H28N4O5. The van der Waals surface area contributed by atoms with Crippen LogP contribution in [-0.2, 0) is 19.2 Å². The third kappa shape index (κ3) is 5.61. The lowest BCUT2D eigenvalue weighted by atomic mass is 10.0. The van der Waals surface area contributed by atoms with Gasteiger partial charge in [-0.2, -0.15) is 5.10 Å². The van der Waals surface area contributed by atoms with Gasteiger partial charge in [-0.15, -0.1) is 0 Å². The summed E-state index contributed by atoms with van der Waals surface area (Å²) in [7, 11) is 0. The van der Waals surface area contributed by atoms with Crippen molar-refractivity contribution in [2.45, 2.75) is 44.3 Å². The van der Waals surface area contributed by atoms with E-state index in [2.05, 4.69) is 15.3 Å². The molecule has 1 unspecified atom stereocenters. The number of ether oxygens (including phenoxy) is 1. The molecule has 0 spiro atoms. The maximum Gasteiger partial charge on any atom is 0.329 e. The minimum Gasteiger partial charge on any atom is -0.480 e. The average molecular weight is 428 g/mol. The second-order valence-electron chi connectivity index (χ2n) is 8.09. The number of oxime groups is 1. The minimum absolute atomic E-state index is 0.0789. The zero-order valence-electron chi connectivity index (χ0n) is 17.5. The summed E-state index contributed by atoms with van der Waals surface area (Å²) in [5.74, 6) is -1.06. The van der Waals surface area contributed by atoms with E-state index < -0.39 is 12.1 Å². The van der Waals surface area contributed by atoms with E-state index in [9.17, 15) is 9.59 Å². The molecule has 2 fully saturated rings. The highest BCUT2D eigenvalue weighted by Gasteiger charge is 2.34. The number of amides is 1. The van der Waals surface area contributed by atoms with Crippen LogP contribution in [0.3, 0.4) is 0 Å². The molecule has 1 N–H and O–H groups in total. The number of carbonyl (C=O) groups excluding carboxylic acids is 1. The van der Waals surface area contributed by atoms with Crippen LogP contribution in [-0.4, -0.2) is 83.8 Å². The van der Waals surface area contributed by atoms with E-state index in [1.165, 1.54) is 12.8 Å². The largest absolute Gasteiger partial charge is 0.480 e. The van der Waals surface area contributed by atoms with Gasteiger partial charge in [0.25, 0.3) is 5.91 Å². The molecule has 9 nitrogen and oxygen atoms in total. The van der Waals surface area contributed by atoms with Crippen molar-refractivity contribution in [3.63, 3.8) is 0 Å². The molecule has 2 saturated heterocycles. The first kappa shape index (κ1) is 21.3. The third-order valence-corrected chi connectivity index (χ3v) is 5.84. The van der Waals surface area contributed by atoms with E-state index in [1.54, 1.807) is 4.90 Å². The molecule has 1 atom stereocenters. The van der Waals surface area contributed by atoms with Crippen LogP contribution in [0.25, 0.3) is 0 Å². The lowest BCUT2D eigenvalue weighted by molar-refractivity contribution is -0.149. The predicted molar refractivity (Wildman–Crippen MR) is 114 cm³/mol. The number of carboxylic acids is 1. The molecule has 166 valence electrons. The van der Waals surface area contributed by atoms with Gasteiger partial charge in [-0.05, 0) is 36.8 Å². The molecule has 0 saturated carbocycles. The smallest absolute Gasteiger partial charge is 0.329 e. The minimum atomic E-state index is -0.977. The van der Waals surface area contributed by atoms with Gasteiger partial charge in [0.05, 0.1) is 18.0 Å². The highest BCUT2D eigenvalue weighted by molar-refractivity contribution is 6.04. The molecule has 0 radical (unpaired) electrons. The number of carbonyl (C=O) groups is 2. The van der Waals surface area contributed by atoms with Crippen LogP contribution in [0.1, 0.15) is 43.2 Å². The molecule has 0 aromatic heterocycles. The van der Waals surface area contributed by atoms with Crippen LogP contribution in [0.15, 0.2) is 34.5 Å². The number of carboxylic acid groups (broad SMARTS) is 1. The molecule has 1 aromatic rings. The van der Waals surface area contributed by atoms with Gasteiger partial charge in [0.2, 0.25) is 6.10 Å². The van der Waals surface area contributed by atoms with Crippen molar-refractivity contribution in [1.29, 1.82) is 0 Å². The summed E-state index contributed by atoms with van der Waals surface area (Å²) in [6.45, 7) is 2.80. The molecule has 0 bridgehead atoms. The second kappa shape index (κ2) is 9.91. The van der Waals surface area contributed by atoms with Crippen molar-refractivity contribution in [2.75, 3.05) is 32.8 Å². The Morgan fingerprint density at radius 1 is 1.16 bits per heavy atom. The monoisotopic (exact) mass is 428 g/mol. The van der Waals surface area contributed by atoms with E-state index in [-0.39, 0.29) is 18.6 Å². The van der Waals surface area contributed by atoms with E-state index in [0.717, 1.165) is 29.9 Å². The molecule has 0 aliphatic carbocycles. The van der Waals surface area contributed by atoms with Gasteiger partial charge in [-0.25, -0.2) is 4.79 Å². The van der Waals surface area contributed by atoms with Crippen molar-refractivity contribution in [3.8, 4) is 0 Å². The summed E-state index contributed by atoms with van der Waals surface area (Å²) >= 11 is 0. The third-order valence-electron chi connectivity index (χ3n) is 5.84. The Balaban J connectivity index is 1.25. The maximum atomic E-state index is 12.8. The molecule has 3 heterocycles. The number of piperidine rings is 1. The van der Waals surface area contributed by atoms with Crippen LogP contribution in [0, 0.1) is 0 Å². The topological polar surface area (TPSA) is 104 Å². The van der Waals surface area contributed by atoms with E-state index in [4.69, 9.17) is 14.7 Å². The fourth-order valence-electron chi connectivity index (χ4n) is 4.04. The molecular weight excluding hydrogens is 400 g/mol. The van der Waals surface area contributed by atoms with Gasteiger partial charge < -0.3 is 19.6 Å². The average Bonchev–Trinajstić information content (AvgIpc) is 3.49. The highest BCUT2D eigenvalue weighted by Crippen LogP contribution is 2.21. The molecule has 9 heteroatoms. The summed E-state index contributed by atoms with van der Waals surface area (Å²) < 4.78 is 5.33. The first-order valence-corrected chi connectivity index (χ1v) is 10.8. The molecule has 31 heavy (non-hydrogen) atoms. The lowest BCUT2D eigenvalue weighted by Gasteiger charge is -2.32. The first-order valence-electron chi connectivity index (χ1n) is 10.8. The van der Waals surface area contributed by atoms with Crippen LogP contribution < -0.4 is 0 Å². The van der Waals surface area contributed by atoms with Gasteiger partial charge in [0.1, 0.15) is 6.61 Å². The molecule has 4 rings (SSSR count). The second-order valence-corrected chi connectivity index (χ2v) is 8.09. The van der Waals surface area contributed by atoms with Gasteiger partial charge in [-0.1, -0.05) is 29.4 Å². The van der Waals surface area contributed by atoms with Crippen molar-refractivity contribution in [2.24, 2.45) is 10.3 Å². The van der Waals surface area contributed by atoms with Crippen LogP contribution in [0.2, 0.25) is 0 Å². The number of hydrazone groups is 1. The van der Waals surface area contributed by atoms with Gasteiger partial charge >= 0.3 is 5.97 Å². The van der Waals surface area contributed by atoms with Crippen molar-refractivity contribution in [1.82, 2.24) is 9.91 Å². The van der Waals surface area contributed by atoms with E-state index in [0.29, 0.717) is 32.4 Å². The zero-order valence-corrected chi connectivity index (χ0v) is 17.5. The number of benzene rings is 1. The SMILES string of the molecule is O=C(O)COC1CCN(C(=O)C2CC(c3ccc(/C=N/N4CCCC4)cc3)=NO2)CC1. The number of nitrogens with zero attached hydrogens (tertiary/aromatic N) is 4. The Hall–Kier alpha value is -2.94. The van der Waals surface area contributed by atoms with Crippen molar-refractivity contribution in [3.05, 3.63) is 35.4 Å². The predicted octanol–water partition coefficient (Wildman–Crippen LogP) is 1.70. The fourth-order valence-corrected chi connectivity index (χ4v) is 4.04. The number of hydrogen-bond donors (Lipinski definition) is 1. The van der Waals surface area contributed by atoms with Crippen LogP contribution in [0.5, 0.6) is 0 Å². The Morgan fingerprint density at radius 3 is 2.55 bits per heavy atom. The summed E-state index contributed by atoms with van der Waals surface area (Å²) in [4.78, 5) is 30.6. The summed E-state index contributed by atoms with van der Waals surface area (Å²) in [5, 5.41) is 19.4. The van der Waals surface area contributed by atoms with Crippen LogP contribution >= 0.6 is 0 Å². The Kier molecular flexibility index (Phi) is 6.81. The lowest BCUT2D eigenvalue weighted by Crippen LogP contribution is -2.45. The summed E-state index contributed by atoms with van der Waals surface area (Å²) in [6, 6.07) is 7.94. The molecule has 1 amide bonds. The Morgan fingerprint density at radius 2 is 1.87 bits per heavy atom. The van der Waals surface area contributed by atoms with E-state index in [1.807, 2.05) is 30.5 Å². The zero-order chi connectivity index (χ0) is 21.6. The number of likely N-dealkylation sites (tertiary alicyclic amines) is 1. The Bertz CT molecular complexity index is 840. The summed E-state index contributed by atoms with van der Waals surface area (Å²) in [6.07, 6.45) is 5.24. The molecule has 3 aliphatic heterocycles. The molecule has 3 aliphatic rings. The molecule has 1 aromatic carbocycles. The number of aliphatic carboxylic acids is 1. The van der Waals surface area contributed by atoms with E-state index >= 15 is 0 Å². The van der Waals surface area contributed by atoms with Crippen molar-refractivity contribution >= 4 is 23.8 Å². The highest BCUT2D eigenvalue weighted by atomic mass is 16.6. The number of rotatable bonds is 7. The van der Waals surface area contributed by atoms with Crippen molar-refractivity contribution < 1.29 is 24.3 Å². The Labute approximate surface area is 181 Å². The van der Waals surface area contributed by atoms with Gasteiger partial charge in [0.15, 0.2) is 0 Å². The first-order chi connectivity index (χ1) is 15.1. The summed E-state index contributed by atoms with van der Waals surface area (Å²) in [5.41, 5.74) is 2.73. The fraction of sp³-hybridized carbons (Fsp3) is 0.545.